The molecule has 33 heavy (non-hydrogen) atoms. The molecule has 1 aromatic heterocycles. The standard InChI is InChI=1S/C23H21FN4O4S/c1-14-6-9-17(12-19(14)27(2)3)26-33(31,32)20-11-16(24)8-7-15(20)13-28-22(29)18-5-4-10-25-21(18)23(28)30/h4-12,26H,13H2,1-3H3. The minimum Gasteiger partial charge on any atom is -0.377 e. The number of nitrogens with zero attached hydrogens (tertiary/aromatic N) is 3. The molecule has 0 bridgehead atoms. The zero-order valence-electron chi connectivity index (χ0n) is 18.2. The first-order valence-electron chi connectivity index (χ1n) is 9.99. The van der Waals surface area contributed by atoms with E-state index in [1.165, 1.54) is 24.4 Å². The molecule has 0 fully saturated rings. The number of fused-ring (bicyclic) bond motifs is 1. The summed E-state index contributed by atoms with van der Waals surface area (Å²) in [5.74, 6) is -1.98. The Morgan fingerprint density at radius 2 is 1.82 bits per heavy atom. The molecule has 0 spiro atoms. The summed E-state index contributed by atoms with van der Waals surface area (Å²) < 4.78 is 42.9. The lowest BCUT2D eigenvalue weighted by Crippen LogP contribution is -2.30. The van der Waals surface area contributed by atoms with Crippen molar-refractivity contribution in [2.75, 3.05) is 23.7 Å². The SMILES string of the molecule is Cc1ccc(NS(=O)(=O)c2cc(F)ccc2CN2C(=O)c3cccnc3C2=O)cc1N(C)C. The van der Waals surface area contributed by atoms with Crippen LogP contribution in [0.1, 0.15) is 32.0 Å². The molecule has 0 saturated heterocycles. The zero-order chi connectivity index (χ0) is 23.9. The lowest BCUT2D eigenvalue weighted by atomic mass is 10.2. The maximum atomic E-state index is 14.1. The molecule has 0 saturated carbocycles. The van der Waals surface area contributed by atoms with Crippen molar-refractivity contribution in [2.45, 2.75) is 18.4 Å². The van der Waals surface area contributed by atoms with Gasteiger partial charge in [-0.25, -0.2) is 12.8 Å². The fourth-order valence-electron chi connectivity index (χ4n) is 3.70. The highest BCUT2D eigenvalue weighted by molar-refractivity contribution is 7.92. The van der Waals surface area contributed by atoms with Gasteiger partial charge in [0, 0.05) is 26.0 Å². The molecule has 4 rings (SSSR count). The van der Waals surface area contributed by atoms with Crippen molar-refractivity contribution in [3.8, 4) is 0 Å². The number of aryl methyl sites for hydroxylation is 1. The molecule has 10 heteroatoms. The molecule has 2 heterocycles. The Morgan fingerprint density at radius 3 is 2.52 bits per heavy atom. The maximum Gasteiger partial charge on any atom is 0.280 e. The van der Waals surface area contributed by atoms with E-state index in [-0.39, 0.29) is 28.3 Å². The van der Waals surface area contributed by atoms with E-state index in [0.717, 1.165) is 28.3 Å². The molecule has 2 aromatic carbocycles. The summed E-state index contributed by atoms with van der Waals surface area (Å²) in [6.07, 6.45) is 1.40. The van der Waals surface area contributed by atoms with Crippen LogP contribution in [0, 0.1) is 12.7 Å². The maximum absolute atomic E-state index is 14.1. The normalized spacial score (nSPS) is 13.3. The molecule has 170 valence electrons. The first-order chi connectivity index (χ1) is 15.6. The Bertz CT molecular complexity index is 1350. The molecular formula is C23H21FN4O4S. The number of amides is 2. The number of sulfonamides is 1. The highest BCUT2D eigenvalue weighted by atomic mass is 32.2. The van der Waals surface area contributed by atoms with E-state index in [0.29, 0.717) is 5.69 Å². The summed E-state index contributed by atoms with van der Waals surface area (Å²) in [6.45, 7) is 1.55. The van der Waals surface area contributed by atoms with Gasteiger partial charge in [-0.1, -0.05) is 12.1 Å². The third kappa shape index (κ3) is 4.17. The van der Waals surface area contributed by atoms with Crippen molar-refractivity contribution in [3.05, 3.63) is 82.9 Å². The highest BCUT2D eigenvalue weighted by Crippen LogP contribution is 2.28. The van der Waals surface area contributed by atoms with E-state index in [9.17, 15) is 22.4 Å². The van der Waals surface area contributed by atoms with Crippen molar-refractivity contribution in [1.82, 2.24) is 9.88 Å². The van der Waals surface area contributed by atoms with E-state index in [1.807, 2.05) is 25.9 Å². The van der Waals surface area contributed by atoms with E-state index in [2.05, 4.69) is 9.71 Å². The lowest BCUT2D eigenvalue weighted by molar-refractivity contribution is 0.0639. The number of anilines is 2. The summed E-state index contributed by atoms with van der Waals surface area (Å²) in [4.78, 5) is 31.7. The van der Waals surface area contributed by atoms with Gasteiger partial charge in [-0.3, -0.25) is 24.2 Å². The van der Waals surface area contributed by atoms with Crippen molar-refractivity contribution >= 4 is 33.2 Å². The van der Waals surface area contributed by atoms with Gasteiger partial charge in [-0.15, -0.1) is 0 Å². The van der Waals surface area contributed by atoms with Gasteiger partial charge in [0.1, 0.15) is 11.5 Å². The lowest BCUT2D eigenvalue weighted by Gasteiger charge is -2.19. The average molecular weight is 469 g/mol. The molecule has 1 aliphatic heterocycles. The quantitative estimate of drug-likeness (QED) is 0.558. The van der Waals surface area contributed by atoms with Crippen molar-refractivity contribution in [3.63, 3.8) is 0 Å². The Morgan fingerprint density at radius 1 is 1.06 bits per heavy atom. The predicted molar refractivity (Wildman–Crippen MR) is 121 cm³/mol. The summed E-state index contributed by atoms with van der Waals surface area (Å²) in [5, 5.41) is 0. The zero-order valence-corrected chi connectivity index (χ0v) is 19.0. The Labute approximate surface area is 190 Å². The number of halogens is 1. The van der Waals surface area contributed by atoms with Crippen LogP contribution in [0.25, 0.3) is 0 Å². The number of carbonyl (C=O) groups is 2. The molecule has 3 aromatic rings. The van der Waals surface area contributed by atoms with Crippen molar-refractivity contribution < 1.29 is 22.4 Å². The minimum atomic E-state index is -4.24. The smallest absolute Gasteiger partial charge is 0.280 e. The van der Waals surface area contributed by atoms with Crippen LogP contribution in [-0.4, -0.2) is 44.2 Å². The van der Waals surface area contributed by atoms with Gasteiger partial charge in [0.25, 0.3) is 21.8 Å². The topological polar surface area (TPSA) is 99.7 Å². The van der Waals surface area contributed by atoms with Crippen LogP contribution in [0.5, 0.6) is 0 Å². The Hall–Kier alpha value is -3.79. The number of benzene rings is 2. The number of imide groups is 1. The monoisotopic (exact) mass is 468 g/mol. The third-order valence-corrected chi connectivity index (χ3v) is 6.78. The fraction of sp³-hybridized carbons (Fsp3) is 0.174. The molecule has 1 N–H and O–H groups in total. The number of hydrogen-bond donors (Lipinski definition) is 1. The summed E-state index contributed by atoms with van der Waals surface area (Å²) in [7, 11) is -0.568. The number of hydrogen-bond acceptors (Lipinski definition) is 6. The fourth-order valence-corrected chi connectivity index (χ4v) is 4.99. The first kappa shape index (κ1) is 22.4. The van der Waals surface area contributed by atoms with Gasteiger partial charge in [-0.05, 0) is 54.4 Å². The number of rotatable bonds is 6. The van der Waals surface area contributed by atoms with Crippen LogP contribution in [0.3, 0.4) is 0 Å². The molecule has 8 nitrogen and oxygen atoms in total. The van der Waals surface area contributed by atoms with Crippen LogP contribution >= 0.6 is 0 Å². The van der Waals surface area contributed by atoms with E-state index in [4.69, 9.17) is 0 Å². The highest BCUT2D eigenvalue weighted by Gasteiger charge is 2.37. The molecule has 0 aliphatic carbocycles. The number of aromatic nitrogens is 1. The second kappa shape index (κ2) is 8.28. The van der Waals surface area contributed by atoms with Gasteiger partial charge in [0.05, 0.1) is 22.7 Å². The van der Waals surface area contributed by atoms with Gasteiger partial charge >= 0.3 is 0 Å². The van der Waals surface area contributed by atoms with E-state index in [1.54, 1.807) is 18.2 Å². The first-order valence-corrected chi connectivity index (χ1v) is 11.5. The average Bonchev–Trinajstić information content (AvgIpc) is 3.01. The van der Waals surface area contributed by atoms with Crippen LogP contribution < -0.4 is 9.62 Å². The van der Waals surface area contributed by atoms with Crippen LogP contribution in [0.15, 0.2) is 59.6 Å². The number of carbonyl (C=O) groups excluding carboxylic acids is 2. The molecule has 0 radical (unpaired) electrons. The predicted octanol–water partition coefficient (Wildman–Crippen LogP) is 3.19. The third-order valence-electron chi connectivity index (χ3n) is 5.32. The number of nitrogens with one attached hydrogen (secondary N) is 1. The number of pyridine rings is 1. The van der Waals surface area contributed by atoms with Crippen molar-refractivity contribution in [1.29, 1.82) is 0 Å². The largest absolute Gasteiger partial charge is 0.377 e. The molecule has 0 unspecified atom stereocenters. The summed E-state index contributed by atoms with van der Waals surface area (Å²) in [5.41, 5.74) is 2.30. The second-order valence-electron chi connectivity index (χ2n) is 7.85. The minimum absolute atomic E-state index is 0.00279. The van der Waals surface area contributed by atoms with Crippen LogP contribution in [-0.2, 0) is 16.6 Å². The second-order valence-corrected chi connectivity index (χ2v) is 9.50. The molecule has 0 atom stereocenters. The van der Waals surface area contributed by atoms with Gasteiger partial charge in [-0.2, -0.15) is 0 Å². The van der Waals surface area contributed by atoms with Crippen molar-refractivity contribution in [2.24, 2.45) is 0 Å². The van der Waals surface area contributed by atoms with E-state index >= 15 is 0 Å². The Balaban J connectivity index is 1.68. The molecule has 1 aliphatic rings. The van der Waals surface area contributed by atoms with Gasteiger partial charge < -0.3 is 4.90 Å². The van der Waals surface area contributed by atoms with Gasteiger partial charge in [0.2, 0.25) is 0 Å². The summed E-state index contributed by atoms with van der Waals surface area (Å²) in [6, 6.07) is 11.3. The van der Waals surface area contributed by atoms with E-state index < -0.39 is 27.7 Å². The summed E-state index contributed by atoms with van der Waals surface area (Å²) >= 11 is 0. The van der Waals surface area contributed by atoms with Gasteiger partial charge in [0.15, 0.2) is 0 Å². The Kier molecular flexibility index (Phi) is 5.62. The van der Waals surface area contributed by atoms with Crippen LogP contribution in [0.4, 0.5) is 15.8 Å². The molecular weight excluding hydrogens is 447 g/mol. The van der Waals surface area contributed by atoms with Crippen LogP contribution in [0.2, 0.25) is 0 Å². The molecule has 2 amide bonds.